The van der Waals surface area contributed by atoms with Crippen molar-refractivity contribution in [1.82, 2.24) is 0 Å². The fourth-order valence-corrected chi connectivity index (χ4v) is 0.781. The molecule has 0 aliphatic rings. The molecule has 0 saturated heterocycles. The van der Waals surface area contributed by atoms with Gasteiger partial charge in [0.1, 0.15) is 0 Å². The molecule has 2 nitrogen and oxygen atoms in total. The van der Waals surface area contributed by atoms with E-state index in [0.29, 0.717) is 12.1 Å². The van der Waals surface area contributed by atoms with Gasteiger partial charge in [0.05, 0.1) is 0 Å². The van der Waals surface area contributed by atoms with Gasteiger partial charge in [-0.3, -0.25) is 0 Å². The summed E-state index contributed by atoms with van der Waals surface area (Å²) in [6.45, 7) is 10.2. The van der Waals surface area contributed by atoms with Gasteiger partial charge in [-0.2, -0.15) is 0 Å². The zero-order valence-corrected chi connectivity index (χ0v) is 10.8. The Kier molecular flexibility index (Phi) is 13.8. The molecule has 0 fully saturated rings. The Labute approximate surface area is 90.0 Å². The van der Waals surface area contributed by atoms with Crippen molar-refractivity contribution in [3.63, 3.8) is 0 Å². The first-order valence-electron chi connectivity index (χ1n) is 3.77. The van der Waals surface area contributed by atoms with Crippen LogP contribution in [0.25, 0.3) is 5.32 Å². The van der Waals surface area contributed by atoms with Crippen LogP contribution in [0.15, 0.2) is 4.99 Å². The Hall–Kier alpha value is 0.0934. The number of rotatable bonds is 2. The maximum absolute atomic E-state index is 4.27. The quantitative estimate of drug-likeness (QED) is 0.315. The summed E-state index contributed by atoms with van der Waals surface area (Å²) >= 11 is 0. The molecular weight excluding hydrogens is 237 g/mol. The van der Waals surface area contributed by atoms with Gasteiger partial charge in [0.2, 0.25) is 0 Å². The van der Waals surface area contributed by atoms with Gasteiger partial charge in [0.25, 0.3) is 0 Å². The number of aliphatic imine (C=N–C) groups is 1. The van der Waals surface area contributed by atoms with Gasteiger partial charge >= 0.3 is 19.5 Å². The van der Waals surface area contributed by atoms with Crippen molar-refractivity contribution in [2.24, 2.45) is 4.99 Å². The van der Waals surface area contributed by atoms with E-state index in [2.05, 4.69) is 38.0 Å². The first-order chi connectivity index (χ1) is 4.52. The Morgan fingerprint density at radius 1 is 1.17 bits per heavy atom. The van der Waals surface area contributed by atoms with Crippen LogP contribution in [0.3, 0.4) is 0 Å². The van der Waals surface area contributed by atoms with Gasteiger partial charge in [-0.05, 0) is 19.0 Å². The third kappa shape index (κ3) is 12.7. The van der Waals surface area contributed by atoms with Crippen LogP contribution in [0.1, 0.15) is 34.6 Å². The zero-order valence-electron chi connectivity index (χ0n) is 8.93. The second-order valence-electron chi connectivity index (χ2n) is 2.99. The van der Waals surface area contributed by atoms with E-state index in [4.69, 9.17) is 0 Å². The number of amidine groups is 1. The van der Waals surface area contributed by atoms with Crippen molar-refractivity contribution in [2.75, 3.05) is 0 Å². The average molecular weight is 258 g/mol. The van der Waals surface area contributed by atoms with Crippen LogP contribution in [0, 0.1) is 7.43 Å². The van der Waals surface area contributed by atoms with Crippen molar-refractivity contribution < 1.29 is 19.5 Å². The third-order valence-electron chi connectivity index (χ3n) is 0.890. The van der Waals surface area contributed by atoms with Crippen LogP contribution >= 0.6 is 0 Å². The molecule has 0 saturated carbocycles. The van der Waals surface area contributed by atoms with Crippen LogP contribution in [-0.2, 0) is 19.5 Å². The fraction of sp³-hybridized carbons (Fsp3) is 0.778. The molecule has 0 rings (SSSR count). The van der Waals surface area contributed by atoms with Gasteiger partial charge in [-0.1, -0.05) is 33.5 Å². The first kappa shape index (κ1) is 18.0. The predicted molar refractivity (Wildman–Crippen MR) is 54.5 cm³/mol. The number of hydrogen-bond donors (Lipinski definition) is 0. The van der Waals surface area contributed by atoms with E-state index in [-0.39, 0.29) is 26.9 Å². The summed E-state index contributed by atoms with van der Waals surface area (Å²) in [5.74, 6) is 0.907. The summed E-state index contributed by atoms with van der Waals surface area (Å²) in [4.78, 5) is 4.27. The minimum atomic E-state index is 0. The number of nitrogens with zero attached hydrogens (tertiary/aromatic N) is 2. The Morgan fingerprint density at radius 3 is 1.83 bits per heavy atom. The van der Waals surface area contributed by atoms with E-state index in [9.17, 15) is 0 Å². The zero-order chi connectivity index (χ0) is 8.15. The standard InChI is InChI=1S/C8H17N2.CH3.Ru.H/c1-6(2)9-8(5)10-7(3)4;;;/h6-7H,1-5H3;1H3;;/q2*-1;+2;. The second kappa shape index (κ2) is 9.18. The minimum absolute atomic E-state index is 0. The molecule has 0 atom stereocenters. The normalized spacial score (nSPS) is 10.8. The summed E-state index contributed by atoms with van der Waals surface area (Å²) in [5, 5.41) is 4.27. The van der Waals surface area contributed by atoms with Crippen LogP contribution < -0.4 is 0 Å². The molecule has 0 spiro atoms. The van der Waals surface area contributed by atoms with E-state index < -0.39 is 0 Å². The van der Waals surface area contributed by atoms with Crippen molar-refractivity contribution in [1.29, 1.82) is 0 Å². The van der Waals surface area contributed by atoms with E-state index >= 15 is 0 Å². The van der Waals surface area contributed by atoms with Gasteiger partial charge in [-0.15, -0.1) is 0 Å². The molecule has 0 unspecified atom stereocenters. The Morgan fingerprint density at radius 2 is 1.58 bits per heavy atom. The molecule has 3 heteroatoms. The maximum atomic E-state index is 4.27. The molecule has 0 aliphatic heterocycles. The summed E-state index contributed by atoms with van der Waals surface area (Å²) < 4.78 is 0. The van der Waals surface area contributed by atoms with Crippen LogP contribution in [0.5, 0.6) is 0 Å². The molecule has 75 valence electrons. The molecule has 0 aromatic carbocycles. The Bertz CT molecular complexity index is 120. The van der Waals surface area contributed by atoms with E-state index in [1.165, 1.54) is 0 Å². The molecule has 0 heterocycles. The summed E-state index contributed by atoms with van der Waals surface area (Å²) in [7, 11) is 0. The average Bonchev–Trinajstić information content (AvgIpc) is 1.58. The number of hydrogen-bond acceptors (Lipinski definition) is 1. The van der Waals surface area contributed by atoms with E-state index in [1.54, 1.807) is 0 Å². The van der Waals surface area contributed by atoms with E-state index in [0.717, 1.165) is 5.84 Å². The molecular formula is C9H21N2Ru. The fourth-order valence-electron chi connectivity index (χ4n) is 0.781. The van der Waals surface area contributed by atoms with Crippen molar-refractivity contribution in [3.05, 3.63) is 12.7 Å². The van der Waals surface area contributed by atoms with Gasteiger partial charge in [-0.25, -0.2) is 0 Å². The molecule has 0 radical (unpaired) electrons. The molecule has 12 heavy (non-hydrogen) atoms. The molecule has 0 N–H and O–H groups in total. The monoisotopic (exact) mass is 259 g/mol. The third-order valence-corrected chi connectivity index (χ3v) is 0.890. The van der Waals surface area contributed by atoms with Crippen molar-refractivity contribution in [2.45, 2.75) is 46.7 Å². The predicted octanol–water partition coefficient (Wildman–Crippen LogP) is 2.78. The molecule has 0 aromatic rings. The summed E-state index contributed by atoms with van der Waals surface area (Å²) in [6.07, 6.45) is 0. The van der Waals surface area contributed by atoms with Crippen molar-refractivity contribution >= 4 is 5.84 Å². The molecule has 0 bridgehead atoms. The first-order valence-corrected chi connectivity index (χ1v) is 3.77. The SMILES string of the molecule is CC(=NC(C)C)[N-]C(C)C.[CH3-].[RuH+2]. The summed E-state index contributed by atoms with van der Waals surface area (Å²) in [5.41, 5.74) is 0. The molecule has 0 aliphatic carbocycles. The molecule has 0 aromatic heterocycles. The molecule has 0 amide bonds. The van der Waals surface area contributed by atoms with Crippen LogP contribution in [-0.4, -0.2) is 17.9 Å². The second-order valence-corrected chi connectivity index (χ2v) is 2.99. The van der Waals surface area contributed by atoms with Gasteiger partial charge in [0.15, 0.2) is 0 Å². The summed E-state index contributed by atoms with van der Waals surface area (Å²) in [6, 6.07) is 0.727. The van der Waals surface area contributed by atoms with Crippen molar-refractivity contribution in [3.8, 4) is 0 Å². The van der Waals surface area contributed by atoms with Gasteiger partial charge < -0.3 is 17.7 Å². The van der Waals surface area contributed by atoms with E-state index in [1.807, 2.05) is 6.92 Å². The van der Waals surface area contributed by atoms with Gasteiger partial charge in [0, 0.05) is 0 Å². The Balaban J connectivity index is -0.000000405. The van der Waals surface area contributed by atoms with Crippen LogP contribution in [0.4, 0.5) is 0 Å². The topological polar surface area (TPSA) is 26.5 Å². The van der Waals surface area contributed by atoms with Crippen LogP contribution in [0.2, 0.25) is 0 Å².